The molecule has 1 fully saturated rings. The van der Waals surface area contributed by atoms with Gasteiger partial charge in [0.1, 0.15) is 5.82 Å². The van der Waals surface area contributed by atoms with Gasteiger partial charge >= 0.3 is 0 Å². The first kappa shape index (κ1) is 14.2. The second-order valence-electron chi connectivity index (χ2n) is 5.42. The van der Waals surface area contributed by atoms with E-state index in [4.69, 9.17) is 4.74 Å². The number of hydrogen-bond donors (Lipinski definition) is 2. The lowest BCUT2D eigenvalue weighted by molar-refractivity contribution is 0.0258. The van der Waals surface area contributed by atoms with Gasteiger partial charge in [-0.3, -0.25) is 0 Å². The Labute approximate surface area is 115 Å². The minimum atomic E-state index is 0.314. The highest BCUT2D eigenvalue weighted by atomic mass is 16.5. The van der Waals surface area contributed by atoms with Gasteiger partial charge in [-0.25, -0.2) is 0 Å². The van der Waals surface area contributed by atoms with E-state index >= 15 is 0 Å². The molecule has 0 bridgehead atoms. The van der Waals surface area contributed by atoms with Gasteiger partial charge in [-0.15, -0.1) is 5.10 Å². The van der Waals surface area contributed by atoms with Crippen molar-refractivity contribution < 1.29 is 4.74 Å². The van der Waals surface area contributed by atoms with Crippen LogP contribution in [0.4, 0.5) is 5.82 Å². The van der Waals surface area contributed by atoms with Crippen LogP contribution in [0.3, 0.4) is 0 Å². The maximum absolute atomic E-state index is 5.64. The molecule has 1 aliphatic rings. The number of hydrogen-bond acceptors (Lipinski definition) is 5. The van der Waals surface area contributed by atoms with Gasteiger partial charge in [0.2, 0.25) is 0 Å². The largest absolute Gasteiger partial charge is 0.376 e. The summed E-state index contributed by atoms with van der Waals surface area (Å²) in [6.07, 6.45) is 2.28. The van der Waals surface area contributed by atoms with Crippen molar-refractivity contribution in [1.82, 2.24) is 15.5 Å². The minimum absolute atomic E-state index is 0.314. The summed E-state index contributed by atoms with van der Waals surface area (Å²) in [5.41, 5.74) is 1.06. The van der Waals surface area contributed by atoms with Crippen molar-refractivity contribution in [3.8, 4) is 0 Å². The molecular formula is C14H24N4O. The summed E-state index contributed by atoms with van der Waals surface area (Å²) in [5, 5.41) is 15.0. The van der Waals surface area contributed by atoms with Crippen LogP contribution in [-0.4, -0.2) is 42.5 Å². The smallest absolute Gasteiger partial charge is 0.148 e. The predicted molar refractivity (Wildman–Crippen MR) is 76.3 cm³/mol. The van der Waals surface area contributed by atoms with Gasteiger partial charge in [-0.05, 0) is 30.9 Å². The van der Waals surface area contributed by atoms with Crippen LogP contribution >= 0.6 is 0 Å². The highest BCUT2D eigenvalue weighted by molar-refractivity contribution is 5.32. The third-order valence-corrected chi connectivity index (χ3v) is 3.11. The third kappa shape index (κ3) is 5.12. The van der Waals surface area contributed by atoms with Crippen molar-refractivity contribution in [3.63, 3.8) is 0 Å². The van der Waals surface area contributed by atoms with Gasteiger partial charge < -0.3 is 15.4 Å². The van der Waals surface area contributed by atoms with E-state index in [0.717, 1.165) is 50.6 Å². The van der Waals surface area contributed by atoms with Gasteiger partial charge in [-0.1, -0.05) is 13.8 Å². The summed E-state index contributed by atoms with van der Waals surface area (Å²) < 4.78 is 5.64. The standard InChI is InChI=1S/C14H24N4O/c1-11(2)9-12-3-4-14(18-17-12)16-6-5-13-10-15-7-8-19-13/h3-4,11,13,15H,5-10H2,1-2H3,(H,16,18). The van der Waals surface area contributed by atoms with E-state index in [1.165, 1.54) is 0 Å². The van der Waals surface area contributed by atoms with Crippen molar-refractivity contribution in [3.05, 3.63) is 17.8 Å². The summed E-state index contributed by atoms with van der Waals surface area (Å²) in [5.74, 6) is 1.46. The Morgan fingerprint density at radius 3 is 2.95 bits per heavy atom. The minimum Gasteiger partial charge on any atom is -0.376 e. The van der Waals surface area contributed by atoms with E-state index < -0.39 is 0 Å². The second kappa shape index (κ2) is 7.40. The molecule has 2 N–H and O–H groups in total. The molecule has 1 saturated heterocycles. The van der Waals surface area contributed by atoms with E-state index in [0.29, 0.717) is 12.0 Å². The molecule has 0 aliphatic carbocycles. The number of aromatic nitrogens is 2. The average Bonchev–Trinajstić information content (AvgIpc) is 2.41. The van der Waals surface area contributed by atoms with Crippen molar-refractivity contribution in [2.24, 2.45) is 5.92 Å². The van der Waals surface area contributed by atoms with Crippen molar-refractivity contribution >= 4 is 5.82 Å². The maximum Gasteiger partial charge on any atom is 0.148 e. The summed E-state index contributed by atoms with van der Waals surface area (Å²) in [6, 6.07) is 4.05. The lowest BCUT2D eigenvalue weighted by Gasteiger charge is -2.23. The summed E-state index contributed by atoms with van der Waals surface area (Å²) >= 11 is 0. The highest BCUT2D eigenvalue weighted by Gasteiger charge is 2.12. The molecule has 0 amide bonds. The lowest BCUT2D eigenvalue weighted by atomic mass is 10.1. The Kier molecular flexibility index (Phi) is 5.54. The molecule has 1 unspecified atom stereocenters. The van der Waals surface area contributed by atoms with E-state index in [1.807, 2.05) is 12.1 Å². The van der Waals surface area contributed by atoms with Crippen LogP contribution in [0.1, 0.15) is 26.0 Å². The lowest BCUT2D eigenvalue weighted by Crippen LogP contribution is -2.39. The first-order valence-electron chi connectivity index (χ1n) is 7.13. The van der Waals surface area contributed by atoms with E-state index in [-0.39, 0.29) is 0 Å². The van der Waals surface area contributed by atoms with Crippen molar-refractivity contribution in [1.29, 1.82) is 0 Å². The molecule has 5 heteroatoms. The molecule has 5 nitrogen and oxygen atoms in total. The van der Waals surface area contributed by atoms with Gasteiger partial charge in [-0.2, -0.15) is 5.10 Å². The predicted octanol–water partition coefficient (Wildman–Crippen LogP) is 1.47. The highest BCUT2D eigenvalue weighted by Crippen LogP contribution is 2.08. The third-order valence-electron chi connectivity index (χ3n) is 3.11. The molecular weight excluding hydrogens is 240 g/mol. The maximum atomic E-state index is 5.64. The van der Waals surface area contributed by atoms with E-state index in [9.17, 15) is 0 Å². The normalized spacial score (nSPS) is 19.6. The fourth-order valence-electron chi connectivity index (χ4n) is 2.15. The molecule has 1 aromatic heterocycles. The molecule has 19 heavy (non-hydrogen) atoms. The van der Waals surface area contributed by atoms with Crippen LogP contribution < -0.4 is 10.6 Å². The molecule has 0 saturated carbocycles. The zero-order chi connectivity index (χ0) is 13.5. The Morgan fingerprint density at radius 2 is 2.32 bits per heavy atom. The quantitative estimate of drug-likeness (QED) is 0.814. The van der Waals surface area contributed by atoms with Crippen LogP contribution in [0.5, 0.6) is 0 Å². The Morgan fingerprint density at radius 1 is 1.42 bits per heavy atom. The molecule has 1 aromatic rings. The number of rotatable bonds is 6. The molecule has 2 heterocycles. The van der Waals surface area contributed by atoms with Gasteiger partial charge in [0.25, 0.3) is 0 Å². The molecule has 0 spiro atoms. The van der Waals surface area contributed by atoms with Crippen LogP contribution in [0.15, 0.2) is 12.1 Å². The average molecular weight is 264 g/mol. The number of ether oxygens (including phenoxy) is 1. The first-order valence-corrected chi connectivity index (χ1v) is 7.13. The summed E-state index contributed by atoms with van der Waals surface area (Å²) in [6.45, 7) is 7.96. The SMILES string of the molecule is CC(C)Cc1ccc(NCCC2CNCCO2)nn1. The number of anilines is 1. The van der Waals surface area contributed by atoms with Crippen LogP contribution in [0, 0.1) is 5.92 Å². The number of morpholine rings is 1. The zero-order valence-corrected chi connectivity index (χ0v) is 11.9. The Bertz CT molecular complexity index is 360. The van der Waals surface area contributed by atoms with Gasteiger partial charge in [0, 0.05) is 19.6 Å². The zero-order valence-electron chi connectivity index (χ0n) is 11.9. The van der Waals surface area contributed by atoms with Crippen molar-refractivity contribution in [2.45, 2.75) is 32.8 Å². The second-order valence-corrected chi connectivity index (χ2v) is 5.42. The van der Waals surface area contributed by atoms with Crippen molar-refractivity contribution in [2.75, 3.05) is 31.6 Å². The van der Waals surface area contributed by atoms with E-state index in [2.05, 4.69) is 34.7 Å². The number of nitrogens with zero attached hydrogens (tertiary/aromatic N) is 2. The Balaban J connectivity index is 1.70. The molecule has 1 atom stereocenters. The summed E-state index contributed by atoms with van der Waals surface area (Å²) in [7, 11) is 0. The van der Waals surface area contributed by atoms with Crippen LogP contribution in [0.2, 0.25) is 0 Å². The molecule has 106 valence electrons. The topological polar surface area (TPSA) is 59.1 Å². The van der Waals surface area contributed by atoms with Gasteiger partial charge in [0.05, 0.1) is 18.4 Å². The fourth-order valence-corrected chi connectivity index (χ4v) is 2.15. The van der Waals surface area contributed by atoms with Gasteiger partial charge in [0.15, 0.2) is 0 Å². The van der Waals surface area contributed by atoms with E-state index in [1.54, 1.807) is 0 Å². The fraction of sp³-hybridized carbons (Fsp3) is 0.714. The Hall–Kier alpha value is -1.20. The first-order chi connectivity index (χ1) is 9.24. The monoisotopic (exact) mass is 264 g/mol. The van der Waals surface area contributed by atoms with Crippen LogP contribution in [-0.2, 0) is 11.2 Å². The molecule has 0 aromatic carbocycles. The number of nitrogens with one attached hydrogen (secondary N) is 2. The van der Waals surface area contributed by atoms with Crippen LogP contribution in [0.25, 0.3) is 0 Å². The molecule has 2 rings (SSSR count). The molecule has 1 aliphatic heterocycles. The summed E-state index contributed by atoms with van der Waals surface area (Å²) in [4.78, 5) is 0. The molecule has 0 radical (unpaired) electrons.